The first kappa shape index (κ1) is 13.9. The number of benzene rings is 1. The minimum Gasteiger partial charge on any atom is -0.373 e. The summed E-state index contributed by atoms with van der Waals surface area (Å²) in [7, 11) is 2.06. The minimum atomic E-state index is -0.407. The van der Waals surface area contributed by atoms with Crippen molar-refractivity contribution in [3.63, 3.8) is 0 Å². The average Bonchev–Trinajstić information content (AvgIpc) is 2.57. The fourth-order valence-corrected chi connectivity index (χ4v) is 2.38. The SMILES string of the molecule is CC(C)[C@H](N)C(=O)N1CCN(C)c2ccccc2C1. The molecular formula is C15H23N3O. The van der Waals surface area contributed by atoms with Gasteiger partial charge in [-0.25, -0.2) is 0 Å². The van der Waals surface area contributed by atoms with Crippen LogP contribution < -0.4 is 10.6 Å². The number of amides is 1. The van der Waals surface area contributed by atoms with Gasteiger partial charge in [0, 0.05) is 32.4 Å². The van der Waals surface area contributed by atoms with Gasteiger partial charge in [0.1, 0.15) is 0 Å². The van der Waals surface area contributed by atoms with Crippen molar-refractivity contribution in [3.8, 4) is 0 Å². The third-order valence-electron chi connectivity index (χ3n) is 3.78. The Balaban J connectivity index is 2.21. The van der Waals surface area contributed by atoms with Crippen molar-refractivity contribution in [1.82, 2.24) is 4.90 Å². The van der Waals surface area contributed by atoms with Gasteiger partial charge in [-0.05, 0) is 17.5 Å². The van der Waals surface area contributed by atoms with Crippen molar-refractivity contribution in [2.45, 2.75) is 26.4 Å². The van der Waals surface area contributed by atoms with Crippen molar-refractivity contribution in [2.24, 2.45) is 11.7 Å². The second kappa shape index (κ2) is 5.61. The van der Waals surface area contributed by atoms with E-state index in [1.165, 1.54) is 11.3 Å². The normalized spacial score (nSPS) is 17.1. The minimum absolute atomic E-state index is 0.0557. The van der Waals surface area contributed by atoms with Crippen LogP contribution in [0, 0.1) is 5.92 Å². The predicted molar refractivity (Wildman–Crippen MR) is 77.9 cm³/mol. The highest BCUT2D eigenvalue weighted by atomic mass is 16.2. The molecule has 1 heterocycles. The second-order valence-corrected chi connectivity index (χ2v) is 5.58. The molecule has 0 aliphatic carbocycles. The van der Waals surface area contributed by atoms with E-state index < -0.39 is 6.04 Å². The Morgan fingerprint density at radius 2 is 1.95 bits per heavy atom. The molecule has 2 N–H and O–H groups in total. The van der Waals surface area contributed by atoms with Crippen LogP contribution in [0.3, 0.4) is 0 Å². The quantitative estimate of drug-likeness (QED) is 0.876. The van der Waals surface area contributed by atoms with Crippen molar-refractivity contribution in [1.29, 1.82) is 0 Å². The van der Waals surface area contributed by atoms with Crippen LogP contribution in [0.15, 0.2) is 24.3 Å². The molecule has 0 radical (unpaired) electrons. The molecule has 1 aliphatic heterocycles. The number of likely N-dealkylation sites (N-methyl/N-ethyl adjacent to an activating group) is 1. The molecule has 0 saturated heterocycles. The van der Waals surface area contributed by atoms with Crippen LogP contribution in [0.2, 0.25) is 0 Å². The number of carbonyl (C=O) groups excluding carboxylic acids is 1. The molecule has 4 heteroatoms. The summed E-state index contributed by atoms with van der Waals surface area (Å²) in [5.74, 6) is 0.226. The standard InChI is InChI=1S/C15H23N3O/c1-11(2)14(16)15(19)18-9-8-17(3)13-7-5-4-6-12(13)10-18/h4-7,11,14H,8-10,16H2,1-3H3/t14-/m0/s1. The van der Waals surface area contributed by atoms with Crippen LogP contribution in [0.4, 0.5) is 5.69 Å². The Labute approximate surface area is 115 Å². The molecule has 1 amide bonds. The van der Waals surface area contributed by atoms with Gasteiger partial charge in [0.05, 0.1) is 6.04 Å². The summed E-state index contributed by atoms with van der Waals surface area (Å²) in [6.07, 6.45) is 0. The van der Waals surface area contributed by atoms with Gasteiger partial charge >= 0.3 is 0 Å². The van der Waals surface area contributed by atoms with Crippen molar-refractivity contribution >= 4 is 11.6 Å². The fourth-order valence-electron chi connectivity index (χ4n) is 2.38. The van der Waals surface area contributed by atoms with Crippen molar-refractivity contribution < 1.29 is 4.79 Å². The highest BCUT2D eigenvalue weighted by Gasteiger charge is 2.26. The number of carbonyl (C=O) groups is 1. The Morgan fingerprint density at radius 1 is 1.26 bits per heavy atom. The molecule has 4 nitrogen and oxygen atoms in total. The number of nitrogens with two attached hydrogens (primary N) is 1. The Morgan fingerprint density at radius 3 is 2.63 bits per heavy atom. The van der Waals surface area contributed by atoms with E-state index in [1.54, 1.807) is 0 Å². The number of anilines is 1. The van der Waals surface area contributed by atoms with E-state index in [0.29, 0.717) is 6.54 Å². The van der Waals surface area contributed by atoms with E-state index in [0.717, 1.165) is 13.1 Å². The summed E-state index contributed by atoms with van der Waals surface area (Å²) >= 11 is 0. The first-order valence-corrected chi connectivity index (χ1v) is 6.84. The molecule has 1 aromatic carbocycles. The number of rotatable bonds is 2. The Bertz CT molecular complexity index is 458. The number of para-hydroxylation sites is 1. The van der Waals surface area contributed by atoms with E-state index in [2.05, 4.69) is 24.1 Å². The van der Waals surface area contributed by atoms with Crippen molar-refractivity contribution in [3.05, 3.63) is 29.8 Å². The Hall–Kier alpha value is -1.55. The monoisotopic (exact) mass is 261 g/mol. The van der Waals surface area contributed by atoms with E-state index in [9.17, 15) is 4.79 Å². The molecule has 104 valence electrons. The number of hydrogen-bond donors (Lipinski definition) is 1. The average molecular weight is 261 g/mol. The third-order valence-corrected chi connectivity index (χ3v) is 3.78. The molecule has 19 heavy (non-hydrogen) atoms. The van der Waals surface area contributed by atoms with E-state index in [4.69, 9.17) is 5.73 Å². The zero-order valence-electron chi connectivity index (χ0n) is 12.0. The second-order valence-electron chi connectivity index (χ2n) is 5.58. The van der Waals surface area contributed by atoms with Gasteiger partial charge < -0.3 is 15.5 Å². The molecule has 1 aromatic rings. The third kappa shape index (κ3) is 2.89. The maximum Gasteiger partial charge on any atom is 0.240 e. The summed E-state index contributed by atoms with van der Waals surface area (Å²) in [6.45, 7) is 6.19. The zero-order chi connectivity index (χ0) is 14.0. The first-order valence-electron chi connectivity index (χ1n) is 6.84. The van der Waals surface area contributed by atoms with Crippen LogP contribution in [-0.4, -0.2) is 37.0 Å². The zero-order valence-corrected chi connectivity index (χ0v) is 12.0. The summed E-state index contributed by atoms with van der Waals surface area (Å²) in [5, 5.41) is 0. The summed E-state index contributed by atoms with van der Waals surface area (Å²) in [6, 6.07) is 7.83. The van der Waals surface area contributed by atoms with Crippen LogP contribution in [-0.2, 0) is 11.3 Å². The number of fused-ring (bicyclic) bond motifs is 1. The van der Waals surface area contributed by atoms with Gasteiger partial charge in [0.15, 0.2) is 0 Å². The van der Waals surface area contributed by atoms with Gasteiger partial charge in [-0.3, -0.25) is 4.79 Å². The van der Waals surface area contributed by atoms with Crippen LogP contribution in [0.5, 0.6) is 0 Å². The predicted octanol–water partition coefficient (Wildman–Crippen LogP) is 1.45. The summed E-state index contributed by atoms with van der Waals surface area (Å²) in [5.41, 5.74) is 8.38. The van der Waals surface area contributed by atoms with Gasteiger partial charge in [-0.1, -0.05) is 32.0 Å². The van der Waals surface area contributed by atoms with E-state index >= 15 is 0 Å². The van der Waals surface area contributed by atoms with Gasteiger partial charge in [-0.15, -0.1) is 0 Å². The molecule has 0 aromatic heterocycles. The lowest BCUT2D eigenvalue weighted by Crippen LogP contribution is -2.47. The fraction of sp³-hybridized carbons (Fsp3) is 0.533. The molecule has 2 rings (SSSR count). The van der Waals surface area contributed by atoms with E-state index in [1.807, 2.05) is 30.9 Å². The lowest BCUT2D eigenvalue weighted by atomic mass is 10.0. The molecule has 0 saturated carbocycles. The van der Waals surface area contributed by atoms with Crippen molar-refractivity contribution in [2.75, 3.05) is 25.0 Å². The van der Waals surface area contributed by atoms with Gasteiger partial charge in [0.2, 0.25) is 5.91 Å². The van der Waals surface area contributed by atoms with Crippen LogP contribution >= 0.6 is 0 Å². The molecule has 0 unspecified atom stereocenters. The maximum absolute atomic E-state index is 12.4. The molecule has 0 fully saturated rings. The maximum atomic E-state index is 12.4. The molecule has 0 bridgehead atoms. The topological polar surface area (TPSA) is 49.6 Å². The smallest absolute Gasteiger partial charge is 0.240 e. The van der Waals surface area contributed by atoms with Crippen LogP contribution in [0.1, 0.15) is 19.4 Å². The van der Waals surface area contributed by atoms with Crippen LogP contribution in [0.25, 0.3) is 0 Å². The molecule has 1 aliphatic rings. The molecule has 0 spiro atoms. The molecule has 1 atom stereocenters. The van der Waals surface area contributed by atoms with E-state index in [-0.39, 0.29) is 11.8 Å². The van der Waals surface area contributed by atoms with Gasteiger partial charge in [0.25, 0.3) is 0 Å². The Kier molecular flexibility index (Phi) is 4.10. The summed E-state index contributed by atoms with van der Waals surface area (Å²) in [4.78, 5) is 16.5. The molecular weight excluding hydrogens is 238 g/mol. The first-order chi connectivity index (χ1) is 9.00. The lowest BCUT2D eigenvalue weighted by molar-refractivity contribution is -0.134. The number of nitrogens with zero attached hydrogens (tertiary/aromatic N) is 2. The highest BCUT2D eigenvalue weighted by molar-refractivity contribution is 5.82. The van der Waals surface area contributed by atoms with Gasteiger partial charge in [-0.2, -0.15) is 0 Å². The highest BCUT2D eigenvalue weighted by Crippen LogP contribution is 2.24. The summed E-state index contributed by atoms with van der Waals surface area (Å²) < 4.78 is 0. The largest absolute Gasteiger partial charge is 0.373 e. The lowest BCUT2D eigenvalue weighted by Gasteiger charge is -2.26. The number of hydrogen-bond acceptors (Lipinski definition) is 3.